The molecule has 52 heavy (non-hydrogen) atoms. The fourth-order valence-electron chi connectivity index (χ4n) is 5.80. The van der Waals surface area contributed by atoms with Gasteiger partial charge in [0.15, 0.2) is 16.3 Å². The van der Waals surface area contributed by atoms with Gasteiger partial charge in [-0.25, -0.2) is 14.6 Å². The monoisotopic (exact) mass is 738 g/mol. The van der Waals surface area contributed by atoms with Crippen molar-refractivity contribution < 1.29 is 33.3 Å². The van der Waals surface area contributed by atoms with Crippen molar-refractivity contribution in [2.75, 3.05) is 27.4 Å². The molecule has 12 heteroatoms. The summed E-state index contributed by atoms with van der Waals surface area (Å²) >= 11 is 7.62. The number of carbonyl (C=O) groups excluding carboxylic acids is 2. The minimum atomic E-state index is -0.917. The van der Waals surface area contributed by atoms with Crippen molar-refractivity contribution in [3.63, 3.8) is 0 Å². The Bertz CT molecular complexity index is 2330. The van der Waals surface area contributed by atoms with E-state index in [0.29, 0.717) is 66.2 Å². The van der Waals surface area contributed by atoms with Crippen molar-refractivity contribution in [3.05, 3.63) is 149 Å². The van der Waals surface area contributed by atoms with E-state index in [-0.39, 0.29) is 24.3 Å². The average Bonchev–Trinajstić information content (AvgIpc) is 3.47. The highest BCUT2D eigenvalue weighted by Crippen LogP contribution is 2.38. The normalized spacial score (nSPS) is 13.9. The van der Waals surface area contributed by atoms with Crippen molar-refractivity contribution in [2.24, 2.45) is 4.99 Å². The van der Waals surface area contributed by atoms with Crippen LogP contribution in [0.1, 0.15) is 52.5 Å². The third kappa shape index (κ3) is 7.51. The number of esters is 2. The number of fused-ring (bicyclic) bond motifs is 1. The summed E-state index contributed by atoms with van der Waals surface area (Å²) in [6.45, 7) is 4.09. The molecule has 0 fully saturated rings. The van der Waals surface area contributed by atoms with Gasteiger partial charge in [0.1, 0.15) is 12.4 Å². The van der Waals surface area contributed by atoms with E-state index in [4.69, 9.17) is 40.3 Å². The molecule has 1 atom stereocenters. The summed E-state index contributed by atoms with van der Waals surface area (Å²) in [5, 5.41) is 0.448. The summed E-state index contributed by atoms with van der Waals surface area (Å²) in [6.07, 6.45) is 1.71. The standard InChI is InChI=1S/C40H35ClN2O8S/c1-5-49-38(45)26-14-12-24(13-15-26)23-51-30-19-17-29(41)20-28(30)22-33-37(44)43-36(27-16-18-31(47-3)32(21-27)48-4)34(39(46)50-6-2)35(42-40(43)52-33)25-10-8-7-9-11-25/h7-22,36H,5-6,23H2,1-4H3/b33-22-/t36-/m1/s1. The van der Waals surface area contributed by atoms with Gasteiger partial charge in [0, 0.05) is 16.1 Å². The zero-order valence-electron chi connectivity index (χ0n) is 28.9. The Balaban J connectivity index is 1.48. The van der Waals surface area contributed by atoms with Crippen LogP contribution in [0.2, 0.25) is 5.02 Å². The van der Waals surface area contributed by atoms with Gasteiger partial charge in [0.05, 0.1) is 54.8 Å². The number of thiazole rings is 1. The van der Waals surface area contributed by atoms with Crippen LogP contribution in [0, 0.1) is 0 Å². The van der Waals surface area contributed by atoms with E-state index in [1.54, 1.807) is 80.6 Å². The van der Waals surface area contributed by atoms with E-state index in [2.05, 4.69) is 0 Å². The van der Waals surface area contributed by atoms with Gasteiger partial charge < -0.3 is 23.7 Å². The zero-order chi connectivity index (χ0) is 36.8. The molecule has 5 aromatic rings. The number of aromatic nitrogens is 1. The van der Waals surface area contributed by atoms with E-state index in [1.165, 1.54) is 30.1 Å². The predicted octanol–water partition coefficient (Wildman–Crippen LogP) is 6.36. The first-order chi connectivity index (χ1) is 25.3. The first-order valence-electron chi connectivity index (χ1n) is 16.4. The van der Waals surface area contributed by atoms with Crippen LogP contribution in [0.25, 0.3) is 11.8 Å². The van der Waals surface area contributed by atoms with Gasteiger partial charge in [-0.2, -0.15) is 0 Å². The highest BCUT2D eigenvalue weighted by atomic mass is 35.5. The van der Waals surface area contributed by atoms with Crippen molar-refractivity contribution in [2.45, 2.75) is 26.5 Å². The minimum Gasteiger partial charge on any atom is -0.493 e. The fourth-order valence-corrected chi connectivity index (χ4v) is 6.97. The number of benzene rings is 4. The maximum atomic E-state index is 14.5. The van der Waals surface area contributed by atoms with Crippen LogP contribution < -0.4 is 29.1 Å². The lowest BCUT2D eigenvalue weighted by molar-refractivity contribution is -0.138. The number of nitrogens with zero attached hydrogens (tertiary/aromatic N) is 2. The maximum absolute atomic E-state index is 14.5. The smallest absolute Gasteiger partial charge is 0.338 e. The van der Waals surface area contributed by atoms with Crippen LogP contribution in [0.5, 0.6) is 17.2 Å². The van der Waals surface area contributed by atoms with Crippen molar-refractivity contribution in [3.8, 4) is 17.2 Å². The Morgan fingerprint density at radius 2 is 1.54 bits per heavy atom. The van der Waals surface area contributed by atoms with E-state index in [9.17, 15) is 14.4 Å². The van der Waals surface area contributed by atoms with Gasteiger partial charge in [0.25, 0.3) is 5.56 Å². The lowest BCUT2D eigenvalue weighted by Crippen LogP contribution is -2.40. The third-order valence-electron chi connectivity index (χ3n) is 8.21. The number of hydrogen-bond donors (Lipinski definition) is 0. The number of hydrogen-bond acceptors (Lipinski definition) is 10. The van der Waals surface area contributed by atoms with Crippen molar-refractivity contribution in [1.29, 1.82) is 0 Å². The molecular weight excluding hydrogens is 704 g/mol. The van der Waals surface area contributed by atoms with E-state index in [1.807, 2.05) is 30.3 Å². The topological polar surface area (TPSA) is 115 Å². The highest BCUT2D eigenvalue weighted by Gasteiger charge is 2.35. The molecule has 10 nitrogen and oxygen atoms in total. The Morgan fingerprint density at radius 1 is 0.846 bits per heavy atom. The molecule has 0 unspecified atom stereocenters. The SMILES string of the molecule is CCOC(=O)C1=C(c2ccccc2)N=c2s/c(=C\c3cc(Cl)ccc3OCc3ccc(C(=O)OCC)cc3)c(=O)n2[C@@H]1c1ccc(OC)c(OC)c1. The summed E-state index contributed by atoms with van der Waals surface area (Å²) in [6, 6.07) is 25.8. The fraction of sp³-hybridized carbons (Fsp3) is 0.200. The maximum Gasteiger partial charge on any atom is 0.338 e. The molecule has 0 amide bonds. The molecular formula is C40H35ClN2O8S. The number of rotatable bonds is 12. The molecule has 2 heterocycles. The Kier molecular flexibility index (Phi) is 11.2. The first kappa shape index (κ1) is 36.2. The largest absolute Gasteiger partial charge is 0.493 e. The summed E-state index contributed by atoms with van der Waals surface area (Å²) in [4.78, 5) is 45.7. The summed E-state index contributed by atoms with van der Waals surface area (Å²) in [5.41, 5.74) is 3.35. The van der Waals surface area contributed by atoms with Crippen LogP contribution in [0.4, 0.5) is 0 Å². The van der Waals surface area contributed by atoms with Gasteiger partial charge in [-0.1, -0.05) is 71.5 Å². The molecule has 0 spiro atoms. The molecule has 1 aliphatic rings. The number of carbonyl (C=O) groups is 2. The minimum absolute atomic E-state index is 0.126. The van der Waals surface area contributed by atoms with Crippen LogP contribution in [0.3, 0.4) is 0 Å². The zero-order valence-corrected chi connectivity index (χ0v) is 30.5. The Hall–Kier alpha value is -5.65. The predicted molar refractivity (Wildman–Crippen MR) is 199 cm³/mol. The van der Waals surface area contributed by atoms with E-state index >= 15 is 0 Å². The number of halogens is 1. The van der Waals surface area contributed by atoms with Gasteiger partial charge in [-0.05, 0) is 73.5 Å². The molecule has 0 saturated heterocycles. The van der Waals surface area contributed by atoms with Crippen LogP contribution in [-0.4, -0.2) is 43.9 Å². The molecule has 0 N–H and O–H groups in total. The van der Waals surface area contributed by atoms with Crippen molar-refractivity contribution in [1.82, 2.24) is 4.57 Å². The lowest BCUT2D eigenvalue weighted by atomic mass is 9.93. The first-order valence-corrected chi connectivity index (χ1v) is 17.6. The van der Waals surface area contributed by atoms with Crippen LogP contribution >= 0.6 is 22.9 Å². The second-order valence-electron chi connectivity index (χ2n) is 11.4. The van der Waals surface area contributed by atoms with Gasteiger partial charge in [-0.3, -0.25) is 9.36 Å². The second kappa shape index (κ2) is 16.1. The van der Waals surface area contributed by atoms with Crippen molar-refractivity contribution >= 4 is 46.6 Å². The molecule has 0 saturated carbocycles. The molecule has 0 aliphatic carbocycles. The molecule has 4 aromatic carbocycles. The highest BCUT2D eigenvalue weighted by molar-refractivity contribution is 7.07. The van der Waals surface area contributed by atoms with Crippen LogP contribution in [-0.2, 0) is 20.9 Å². The lowest BCUT2D eigenvalue weighted by Gasteiger charge is -2.26. The molecule has 1 aromatic heterocycles. The average molecular weight is 739 g/mol. The number of ether oxygens (including phenoxy) is 5. The van der Waals surface area contributed by atoms with Gasteiger partial charge >= 0.3 is 11.9 Å². The summed E-state index contributed by atoms with van der Waals surface area (Å²) in [5.74, 6) is 0.417. The van der Waals surface area contributed by atoms with E-state index < -0.39 is 18.0 Å². The third-order valence-corrected chi connectivity index (χ3v) is 9.43. The quantitative estimate of drug-likeness (QED) is 0.136. The van der Waals surface area contributed by atoms with Gasteiger partial charge in [0.2, 0.25) is 0 Å². The molecule has 6 rings (SSSR count). The second-order valence-corrected chi connectivity index (χ2v) is 12.9. The van der Waals surface area contributed by atoms with Crippen LogP contribution in [0.15, 0.2) is 106 Å². The molecule has 0 bridgehead atoms. The summed E-state index contributed by atoms with van der Waals surface area (Å²) < 4.78 is 29.8. The number of methoxy groups -OCH3 is 2. The summed E-state index contributed by atoms with van der Waals surface area (Å²) in [7, 11) is 3.06. The Labute approximate surface area is 308 Å². The molecule has 266 valence electrons. The molecule has 0 radical (unpaired) electrons. The van der Waals surface area contributed by atoms with E-state index in [0.717, 1.165) is 5.56 Å². The van der Waals surface area contributed by atoms with Gasteiger partial charge in [-0.15, -0.1) is 0 Å². The Morgan fingerprint density at radius 3 is 2.23 bits per heavy atom. The molecule has 1 aliphatic heterocycles.